The molecular formula is C14H30N2O2. The number of rotatable bonds is 7. The van der Waals surface area contributed by atoms with Crippen LogP contribution in [0.1, 0.15) is 48.0 Å². The van der Waals surface area contributed by atoms with Gasteiger partial charge in [-0.1, -0.05) is 13.8 Å². The van der Waals surface area contributed by atoms with E-state index in [0.29, 0.717) is 25.0 Å². The van der Waals surface area contributed by atoms with Gasteiger partial charge in [-0.05, 0) is 47.1 Å². The zero-order chi connectivity index (χ0) is 14.5. The smallest absolute Gasteiger partial charge is 0.325 e. The molecule has 0 spiro atoms. The van der Waals surface area contributed by atoms with Crippen molar-refractivity contribution in [1.82, 2.24) is 4.90 Å². The lowest BCUT2D eigenvalue weighted by Gasteiger charge is -2.36. The molecule has 2 N–H and O–H groups in total. The van der Waals surface area contributed by atoms with Crippen LogP contribution in [0.5, 0.6) is 0 Å². The van der Waals surface area contributed by atoms with E-state index in [-0.39, 0.29) is 12.0 Å². The number of hydrogen-bond donors (Lipinski definition) is 1. The summed E-state index contributed by atoms with van der Waals surface area (Å²) in [4.78, 5) is 14.0. The van der Waals surface area contributed by atoms with Crippen molar-refractivity contribution >= 4 is 5.97 Å². The minimum absolute atomic E-state index is 0.238. The predicted molar refractivity (Wildman–Crippen MR) is 75.4 cm³/mol. The normalized spacial score (nSPS) is 18.6. The van der Waals surface area contributed by atoms with Crippen molar-refractivity contribution < 1.29 is 9.53 Å². The molecule has 3 unspecified atom stereocenters. The number of nitrogens with zero attached hydrogens (tertiary/aromatic N) is 1. The van der Waals surface area contributed by atoms with Gasteiger partial charge in [0.25, 0.3) is 0 Å². The van der Waals surface area contributed by atoms with Crippen LogP contribution in [-0.4, -0.2) is 42.1 Å². The average molecular weight is 258 g/mol. The Balaban J connectivity index is 4.54. The van der Waals surface area contributed by atoms with Gasteiger partial charge in [0, 0.05) is 12.1 Å². The summed E-state index contributed by atoms with van der Waals surface area (Å²) < 4.78 is 5.01. The van der Waals surface area contributed by atoms with Crippen LogP contribution >= 0.6 is 0 Å². The molecule has 18 heavy (non-hydrogen) atoms. The highest BCUT2D eigenvalue weighted by atomic mass is 16.5. The van der Waals surface area contributed by atoms with Crippen molar-refractivity contribution in [1.29, 1.82) is 0 Å². The maximum absolute atomic E-state index is 11.8. The molecule has 0 saturated carbocycles. The second-order valence-corrected chi connectivity index (χ2v) is 5.84. The molecule has 0 radical (unpaired) electrons. The lowest BCUT2D eigenvalue weighted by molar-refractivity contribution is -0.149. The highest BCUT2D eigenvalue weighted by Gasteiger charge is 2.33. The third-order valence-electron chi connectivity index (χ3n) is 3.76. The molecule has 4 heteroatoms. The van der Waals surface area contributed by atoms with Gasteiger partial charge in [0.15, 0.2) is 0 Å². The summed E-state index contributed by atoms with van der Waals surface area (Å²) in [6, 6.07) is 0.694. The number of hydrogen-bond acceptors (Lipinski definition) is 4. The third kappa shape index (κ3) is 4.94. The first-order valence-electron chi connectivity index (χ1n) is 6.81. The Morgan fingerprint density at radius 1 is 1.33 bits per heavy atom. The molecule has 0 fully saturated rings. The molecule has 0 amide bonds. The van der Waals surface area contributed by atoms with E-state index in [4.69, 9.17) is 10.5 Å². The lowest BCUT2D eigenvalue weighted by Crippen LogP contribution is -2.52. The molecule has 0 aliphatic carbocycles. The van der Waals surface area contributed by atoms with E-state index in [1.807, 2.05) is 0 Å². The fraction of sp³-hybridized carbons (Fsp3) is 0.929. The van der Waals surface area contributed by atoms with Gasteiger partial charge in [-0.15, -0.1) is 0 Å². The Morgan fingerprint density at radius 2 is 1.83 bits per heavy atom. The maximum atomic E-state index is 11.8. The third-order valence-corrected chi connectivity index (χ3v) is 3.76. The number of ether oxygens (including phenoxy) is 1. The molecule has 0 aromatic carbocycles. The van der Waals surface area contributed by atoms with Crippen LogP contribution in [0.3, 0.4) is 0 Å². The monoisotopic (exact) mass is 258 g/mol. The van der Waals surface area contributed by atoms with Crippen LogP contribution in [0.2, 0.25) is 0 Å². The van der Waals surface area contributed by atoms with E-state index in [2.05, 4.69) is 39.6 Å². The van der Waals surface area contributed by atoms with Crippen molar-refractivity contribution in [3.63, 3.8) is 0 Å². The Morgan fingerprint density at radius 3 is 2.22 bits per heavy atom. The van der Waals surface area contributed by atoms with Gasteiger partial charge in [0.05, 0.1) is 6.61 Å². The molecule has 0 aliphatic heterocycles. The van der Waals surface area contributed by atoms with Crippen LogP contribution in [0, 0.1) is 5.92 Å². The molecular weight excluding hydrogens is 228 g/mol. The number of nitrogens with two attached hydrogens (primary N) is 1. The molecule has 0 saturated heterocycles. The Hall–Kier alpha value is -0.610. The summed E-state index contributed by atoms with van der Waals surface area (Å²) in [6.07, 6.45) is 0.597. The van der Waals surface area contributed by atoms with Crippen LogP contribution in [0.15, 0.2) is 0 Å². The molecule has 0 aromatic rings. The minimum Gasteiger partial charge on any atom is -0.465 e. The van der Waals surface area contributed by atoms with Gasteiger partial charge in [-0.3, -0.25) is 4.79 Å². The van der Waals surface area contributed by atoms with E-state index >= 15 is 0 Å². The van der Waals surface area contributed by atoms with Gasteiger partial charge >= 0.3 is 5.97 Å². The van der Waals surface area contributed by atoms with E-state index in [0.717, 1.165) is 0 Å². The highest BCUT2D eigenvalue weighted by molar-refractivity contribution is 5.80. The van der Waals surface area contributed by atoms with Crippen molar-refractivity contribution in [3.05, 3.63) is 0 Å². The number of carbonyl (C=O) groups excluding carboxylic acids is 1. The van der Waals surface area contributed by atoms with E-state index in [1.165, 1.54) is 0 Å². The summed E-state index contributed by atoms with van der Waals surface area (Å²) >= 11 is 0. The van der Waals surface area contributed by atoms with Crippen molar-refractivity contribution in [3.8, 4) is 0 Å². The first-order valence-corrected chi connectivity index (χ1v) is 6.81. The molecule has 108 valence electrons. The summed E-state index contributed by atoms with van der Waals surface area (Å²) in [5.74, 6) is 0.256. The van der Waals surface area contributed by atoms with Gasteiger partial charge in [-0.25, -0.2) is 0 Å². The van der Waals surface area contributed by atoms with Crippen molar-refractivity contribution in [2.24, 2.45) is 11.7 Å². The van der Waals surface area contributed by atoms with Crippen LogP contribution < -0.4 is 5.73 Å². The van der Waals surface area contributed by atoms with Crippen LogP contribution in [-0.2, 0) is 9.53 Å². The first kappa shape index (κ1) is 17.4. The highest BCUT2D eigenvalue weighted by Crippen LogP contribution is 2.19. The molecule has 0 aromatic heterocycles. The van der Waals surface area contributed by atoms with E-state index in [1.54, 1.807) is 13.8 Å². The topological polar surface area (TPSA) is 55.6 Å². The maximum Gasteiger partial charge on any atom is 0.325 e. The van der Waals surface area contributed by atoms with Crippen molar-refractivity contribution in [2.75, 3.05) is 13.7 Å². The van der Waals surface area contributed by atoms with Gasteiger partial charge < -0.3 is 15.4 Å². The van der Waals surface area contributed by atoms with E-state index < -0.39 is 5.54 Å². The zero-order valence-electron chi connectivity index (χ0n) is 13.0. The molecule has 4 nitrogen and oxygen atoms in total. The Labute approximate surface area is 112 Å². The molecule has 3 atom stereocenters. The SMILES string of the molecule is CCOC(=O)C(C)(N)CC(C)N(C)C(C)C(C)C. The standard InChI is InChI=1S/C14H30N2O2/c1-8-18-13(17)14(6,15)9-11(4)16(7)12(5)10(2)3/h10-12H,8-9,15H2,1-7H3. The Bertz CT molecular complexity index is 265. The fourth-order valence-electron chi connectivity index (χ4n) is 2.01. The molecule has 0 heterocycles. The summed E-state index contributed by atoms with van der Waals surface area (Å²) in [7, 11) is 2.08. The second kappa shape index (κ2) is 7.10. The predicted octanol–water partition coefficient (Wildman–Crippen LogP) is 2.02. The minimum atomic E-state index is -0.916. The Kier molecular flexibility index (Phi) is 6.86. The second-order valence-electron chi connectivity index (χ2n) is 5.84. The van der Waals surface area contributed by atoms with Crippen LogP contribution in [0.25, 0.3) is 0 Å². The number of esters is 1. The average Bonchev–Trinajstić information content (AvgIpc) is 2.26. The molecule has 0 rings (SSSR count). The summed E-state index contributed by atoms with van der Waals surface area (Å²) in [5.41, 5.74) is 5.14. The number of carbonyl (C=O) groups is 1. The molecule has 0 aliphatic rings. The zero-order valence-corrected chi connectivity index (χ0v) is 13.0. The summed E-state index contributed by atoms with van der Waals surface area (Å²) in [5, 5.41) is 0. The lowest BCUT2D eigenvalue weighted by atomic mass is 9.92. The van der Waals surface area contributed by atoms with E-state index in [9.17, 15) is 4.79 Å². The molecule has 0 bridgehead atoms. The largest absolute Gasteiger partial charge is 0.465 e. The van der Waals surface area contributed by atoms with Crippen LogP contribution in [0.4, 0.5) is 0 Å². The first-order chi connectivity index (χ1) is 8.13. The fourth-order valence-corrected chi connectivity index (χ4v) is 2.01. The van der Waals surface area contributed by atoms with Crippen molar-refractivity contribution in [2.45, 2.75) is 65.6 Å². The van der Waals surface area contributed by atoms with Gasteiger partial charge in [0.1, 0.15) is 5.54 Å². The summed E-state index contributed by atoms with van der Waals surface area (Å²) in [6.45, 7) is 12.6. The van der Waals surface area contributed by atoms with Gasteiger partial charge in [0.2, 0.25) is 0 Å². The quantitative estimate of drug-likeness (QED) is 0.710. The van der Waals surface area contributed by atoms with Gasteiger partial charge in [-0.2, -0.15) is 0 Å².